The molecule has 5 nitrogen and oxygen atoms in total. The van der Waals surface area contributed by atoms with Crippen LogP contribution in [0.3, 0.4) is 0 Å². The number of benzene rings is 3. The van der Waals surface area contributed by atoms with E-state index in [0.29, 0.717) is 13.2 Å². The normalized spacial score (nSPS) is 10.9. The summed E-state index contributed by atoms with van der Waals surface area (Å²) in [5.74, 6) is 1.54. The third kappa shape index (κ3) is 4.20. The molecule has 0 N–H and O–H groups in total. The van der Waals surface area contributed by atoms with Crippen molar-refractivity contribution in [2.45, 2.75) is 27.0 Å². The first-order chi connectivity index (χ1) is 14.7. The number of rotatable bonds is 7. The highest BCUT2D eigenvalue weighted by atomic mass is 16.5. The lowest BCUT2D eigenvalue weighted by atomic mass is 10.2. The number of fused-ring (bicyclic) bond motifs is 1. The first kappa shape index (κ1) is 19.7. The first-order valence-electron chi connectivity index (χ1n) is 10.1. The van der Waals surface area contributed by atoms with Crippen LogP contribution < -0.4 is 9.64 Å². The second-order valence-electron chi connectivity index (χ2n) is 7.18. The molecule has 0 radical (unpaired) electrons. The maximum atomic E-state index is 13.2. The average Bonchev–Trinajstić information content (AvgIpc) is 3.11. The molecule has 3 aromatic carbocycles. The number of imidazole rings is 1. The fourth-order valence-electron chi connectivity index (χ4n) is 3.60. The van der Waals surface area contributed by atoms with Gasteiger partial charge in [-0.15, -0.1) is 0 Å². The van der Waals surface area contributed by atoms with E-state index in [1.807, 2.05) is 97.3 Å². The Bertz CT molecular complexity index is 1150. The summed E-state index contributed by atoms with van der Waals surface area (Å²) < 4.78 is 7.95. The largest absolute Gasteiger partial charge is 0.486 e. The number of anilines is 1. The van der Waals surface area contributed by atoms with Crippen molar-refractivity contribution in [1.29, 1.82) is 0 Å². The van der Waals surface area contributed by atoms with Crippen LogP contribution in [0.5, 0.6) is 5.75 Å². The van der Waals surface area contributed by atoms with Crippen LogP contribution in [0, 0.1) is 6.92 Å². The smallest absolute Gasteiger partial charge is 0.246 e. The molecule has 5 heteroatoms. The van der Waals surface area contributed by atoms with Gasteiger partial charge in [0, 0.05) is 12.2 Å². The van der Waals surface area contributed by atoms with Crippen LogP contribution in [0.15, 0.2) is 78.9 Å². The van der Waals surface area contributed by atoms with Gasteiger partial charge in [-0.3, -0.25) is 4.79 Å². The predicted octanol–water partition coefficient (Wildman–Crippen LogP) is 4.98. The highest BCUT2D eigenvalue weighted by Crippen LogP contribution is 2.21. The molecule has 4 aromatic rings. The van der Waals surface area contributed by atoms with Crippen molar-refractivity contribution in [2.24, 2.45) is 0 Å². The number of para-hydroxylation sites is 3. The molecule has 0 aliphatic rings. The number of aryl methyl sites for hydroxylation is 1. The number of hydrogen-bond acceptors (Lipinski definition) is 3. The van der Waals surface area contributed by atoms with Crippen molar-refractivity contribution in [3.63, 3.8) is 0 Å². The summed E-state index contributed by atoms with van der Waals surface area (Å²) in [6.45, 7) is 5.12. The van der Waals surface area contributed by atoms with Crippen LogP contribution in [0.4, 0.5) is 5.69 Å². The van der Waals surface area contributed by atoms with E-state index in [1.54, 1.807) is 4.90 Å². The lowest BCUT2D eigenvalue weighted by Gasteiger charge is -2.22. The summed E-state index contributed by atoms with van der Waals surface area (Å²) in [7, 11) is 0. The average molecular weight is 399 g/mol. The Morgan fingerprint density at radius 3 is 2.53 bits per heavy atom. The molecule has 30 heavy (non-hydrogen) atoms. The quantitative estimate of drug-likeness (QED) is 0.440. The van der Waals surface area contributed by atoms with Gasteiger partial charge >= 0.3 is 0 Å². The molecular weight excluding hydrogens is 374 g/mol. The highest BCUT2D eigenvalue weighted by Gasteiger charge is 2.19. The third-order valence-corrected chi connectivity index (χ3v) is 5.07. The standard InChI is InChI=1S/C25H25N3O2/c1-3-27(20-11-5-4-6-12-20)25(29)17-28-23-15-8-7-14-22(23)26-24(28)18-30-21-13-9-10-19(2)16-21/h4-16H,3,17-18H2,1-2H3. The molecule has 152 valence electrons. The fraction of sp³-hybridized carbons (Fsp3) is 0.200. The molecule has 0 atom stereocenters. The van der Waals surface area contributed by atoms with E-state index >= 15 is 0 Å². The molecule has 0 aliphatic heterocycles. The van der Waals surface area contributed by atoms with E-state index in [-0.39, 0.29) is 12.5 Å². The Labute approximate surface area is 176 Å². The van der Waals surface area contributed by atoms with E-state index in [1.165, 1.54) is 0 Å². The van der Waals surface area contributed by atoms with Crippen molar-refractivity contribution in [2.75, 3.05) is 11.4 Å². The van der Waals surface area contributed by atoms with Crippen molar-refractivity contribution < 1.29 is 9.53 Å². The van der Waals surface area contributed by atoms with E-state index in [4.69, 9.17) is 9.72 Å². The Hall–Kier alpha value is -3.60. The SMILES string of the molecule is CCN(C(=O)Cn1c(COc2cccc(C)c2)nc2ccccc21)c1ccccc1. The Morgan fingerprint density at radius 2 is 1.77 bits per heavy atom. The summed E-state index contributed by atoms with van der Waals surface area (Å²) in [6.07, 6.45) is 0. The minimum atomic E-state index is 0.0173. The van der Waals surface area contributed by atoms with Crippen LogP contribution in [-0.4, -0.2) is 22.0 Å². The molecule has 0 aliphatic carbocycles. The van der Waals surface area contributed by atoms with Crippen molar-refractivity contribution in [3.05, 3.63) is 90.3 Å². The first-order valence-corrected chi connectivity index (χ1v) is 10.1. The Kier molecular flexibility index (Phi) is 5.80. The van der Waals surface area contributed by atoms with Crippen molar-refractivity contribution >= 4 is 22.6 Å². The minimum Gasteiger partial charge on any atom is -0.486 e. The molecule has 0 saturated carbocycles. The lowest BCUT2D eigenvalue weighted by Crippen LogP contribution is -2.34. The third-order valence-electron chi connectivity index (χ3n) is 5.07. The number of carbonyl (C=O) groups excluding carboxylic acids is 1. The van der Waals surface area contributed by atoms with Gasteiger partial charge in [0.1, 0.15) is 24.7 Å². The number of aromatic nitrogens is 2. The number of carbonyl (C=O) groups is 1. The molecule has 0 saturated heterocycles. The van der Waals surface area contributed by atoms with Crippen LogP contribution in [0.1, 0.15) is 18.3 Å². The van der Waals surface area contributed by atoms with Gasteiger partial charge in [-0.05, 0) is 55.8 Å². The maximum Gasteiger partial charge on any atom is 0.246 e. The monoisotopic (exact) mass is 399 g/mol. The van der Waals surface area contributed by atoms with Gasteiger partial charge in [0.25, 0.3) is 0 Å². The topological polar surface area (TPSA) is 47.4 Å². The van der Waals surface area contributed by atoms with E-state index < -0.39 is 0 Å². The Morgan fingerprint density at radius 1 is 1.00 bits per heavy atom. The van der Waals surface area contributed by atoms with Gasteiger partial charge in [0.2, 0.25) is 5.91 Å². The van der Waals surface area contributed by atoms with Crippen LogP contribution in [0.2, 0.25) is 0 Å². The molecule has 0 fully saturated rings. The molecule has 1 amide bonds. The zero-order chi connectivity index (χ0) is 20.9. The number of likely N-dealkylation sites (N-methyl/N-ethyl adjacent to an activating group) is 1. The lowest BCUT2D eigenvalue weighted by molar-refractivity contribution is -0.119. The van der Waals surface area contributed by atoms with Gasteiger partial charge in [-0.2, -0.15) is 0 Å². The van der Waals surface area contributed by atoms with E-state index in [9.17, 15) is 4.79 Å². The number of hydrogen-bond donors (Lipinski definition) is 0. The van der Waals surface area contributed by atoms with E-state index in [2.05, 4.69) is 0 Å². The summed E-state index contributed by atoms with van der Waals surface area (Å²) in [5, 5.41) is 0. The summed E-state index contributed by atoms with van der Waals surface area (Å²) >= 11 is 0. The minimum absolute atomic E-state index is 0.0173. The number of ether oxygens (including phenoxy) is 1. The number of amides is 1. The second-order valence-corrected chi connectivity index (χ2v) is 7.18. The van der Waals surface area contributed by atoms with Gasteiger partial charge in [0.05, 0.1) is 11.0 Å². The summed E-state index contributed by atoms with van der Waals surface area (Å²) in [4.78, 5) is 19.7. The number of nitrogens with zero attached hydrogens (tertiary/aromatic N) is 3. The van der Waals surface area contributed by atoms with Gasteiger partial charge in [-0.25, -0.2) is 4.98 Å². The van der Waals surface area contributed by atoms with Gasteiger partial charge in [0.15, 0.2) is 0 Å². The van der Waals surface area contributed by atoms with Crippen LogP contribution >= 0.6 is 0 Å². The zero-order valence-corrected chi connectivity index (χ0v) is 17.3. The second kappa shape index (κ2) is 8.82. The fourth-order valence-corrected chi connectivity index (χ4v) is 3.60. The highest BCUT2D eigenvalue weighted by molar-refractivity contribution is 5.94. The summed E-state index contributed by atoms with van der Waals surface area (Å²) in [5.41, 5.74) is 3.82. The van der Waals surface area contributed by atoms with Gasteiger partial charge < -0.3 is 14.2 Å². The molecule has 0 bridgehead atoms. The molecular formula is C25H25N3O2. The van der Waals surface area contributed by atoms with Crippen molar-refractivity contribution in [3.8, 4) is 5.75 Å². The molecule has 1 aromatic heterocycles. The van der Waals surface area contributed by atoms with Crippen molar-refractivity contribution in [1.82, 2.24) is 9.55 Å². The maximum absolute atomic E-state index is 13.2. The van der Waals surface area contributed by atoms with Crippen LogP contribution in [-0.2, 0) is 17.9 Å². The molecule has 0 spiro atoms. The van der Waals surface area contributed by atoms with Crippen LogP contribution in [0.25, 0.3) is 11.0 Å². The van der Waals surface area contributed by atoms with E-state index in [0.717, 1.165) is 33.9 Å². The molecule has 4 rings (SSSR count). The Balaban J connectivity index is 1.62. The molecule has 0 unspecified atom stereocenters. The zero-order valence-electron chi connectivity index (χ0n) is 17.3. The summed E-state index contributed by atoms with van der Waals surface area (Å²) in [6, 6.07) is 25.5. The van der Waals surface area contributed by atoms with Gasteiger partial charge in [-0.1, -0.05) is 42.5 Å². The predicted molar refractivity (Wildman–Crippen MR) is 120 cm³/mol. The molecule has 1 heterocycles.